The Hall–Kier alpha value is -3.55. The van der Waals surface area contributed by atoms with Gasteiger partial charge in [-0.25, -0.2) is 0 Å². The topological polar surface area (TPSA) is 106 Å². The molecule has 8 heteroatoms. The molecule has 0 atom stereocenters. The van der Waals surface area contributed by atoms with E-state index in [0.717, 1.165) is 0 Å². The zero-order chi connectivity index (χ0) is 21.0. The first-order valence-corrected chi connectivity index (χ1v) is 9.10. The van der Waals surface area contributed by atoms with Crippen molar-refractivity contribution in [3.05, 3.63) is 42.5 Å². The summed E-state index contributed by atoms with van der Waals surface area (Å²) >= 11 is 0. The molecule has 29 heavy (non-hydrogen) atoms. The number of benzene rings is 2. The predicted octanol–water partition coefficient (Wildman–Crippen LogP) is 3.02. The SMILES string of the molecule is COc1ccc(NC(=O)C2(C(=O)Nc3cccc(NC(C)=O)c3)CC2)c(OC)c1. The van der Waals surface area contributed by atoms with Crippen molar-refractivity contribution < 1.29 is 23.9 Å². The number of carbonyl (C=O) groups is 3. The van der Waals surface area contributed by atoms with Crippen molar-refractivity contribution in [2.24, 2.45) is 5.41 Å². The van der Waals surface area contributed by atoms with Gasteiger partial charge in [-0.15, -0.1) is 0 Å². The maximum atomic E-state index is 12.8. The van der Waals surface area contributed by atoms with E-state index in [9.17, 15) is 14.4 Å². The largest absolute Gasteiger partial charge is 0.497 e. The van der Waals surface area contributed by atoms with E-state index in [-0.39, 0.29) is 11.8 Å². The number of rotatable bonds is 7. The summed E-state index contributed by atoms with van der Waals surface area (Å²) < 4.78 is 10.4. The molecule has 0 spiro atoms. The molecule has 0 saturated heterocycles. The summed E-state index contributed by atoms with van der Waals surface area (Å²) in [5, 5.41) is 8.21. The second-order valence-electron chi connectivity index (χ2n) is 6.82. The summed E-state index contributed by atoms with van der Waals surface area (Å²) in [6.07, 6.45) is 0.906. The van der Waals surface area contributed by atoms with Crippen molar-refractivity contribution in [1.29, 1.82) is 0 Å². The molecular weight excluding hydrogens is 374 g/mol. The molecule has 8 nitrogen and oxygen atoms in total. The molecule has 0 heterocycles. The average Bonchev–Trinajstić information content (AvgIpc) is 3.50. The van der Waals surface area contributed by atoms with Crippen molar-refractivity contribution in [2.45, 2.75) is 19.8 Å². The Labute approximate surface area is 168 Å². The lowest BCUT2D eigenvalue weighted by Gasteiger charge is -2.17. The Morgan fingerprint density at radius 1 is 0.862 bits per heavy atom. The van der Waals surface area contributed by atoms with Gasteiger partial charge in [0.05, 0.1) is 19.9 Å². The van der Waals surface area contributed by atoms with Gasteiger partial charge in [0, 0.05) is 24.4 Å². The first-order valence-electron chi connectivity index (χ1n) is 9.10. The fourth-order valence-electron chi connectivity index (χ4n) is 2.95. The van der Waals surface area contributed by atoms with Crippen molar-refractivity contribution in [3.8, 4) is 11.5 Å². The molecular formula is C21H23N3O5. The normalized spacial score (nSPS) is 13.8. The number of methoxy groups -OCH3 is 2. The second-order valence-corrected chi connectivity index (χ2v) is 6.82. The molecule has 3 rings (SSSR count). The quantitative estimate of drug-likeness (QED) is 0.623. The Morgan fingerprint density at radius 2 is 1.52 bits per heavy atom. The molecule has 2 aromatic rings. The van der Waals surface area contributed by atoms with Crippen LogP contribution in [0.2, 0.25) is 0 Å². The third kappa shape index (κ3) is 4.48. The molecule has 1 saturated carbocycles. The predicted molar refractivity (Wildman–Crippen MR) is 109 cm³/mol. The van der Waals surface area contributed by atoms with E-state index in [2.05, 4.69) is 16.0 Å². The Morgan fingerprint density at radius 3 is 2.10 bits per heavy atom. The lowest BCUT2D eigenvalue weighted by molar-refractivity contribution is -0.131. The molecule has 1 fully saturated rings. The van der Waals surface area contributed by atoms with Crippen molar-refractivity contribution in [1.82, 2.24) is 0 Å². The smallest absolute Gasteiger partial charge is 0.240 e. The van der Waals surface area contributed by atoms with E-state index in [1.54, 1.807) is 42.5 Å². The lowest BCUT2D eigenvalue weighted by atomic mass is 10.0. The van der Waals surface area contributed by atoms with Crippen LogP contribution in [0.25, 0.3) is 0 Å². The number of hydrogen-bond donors (Lipinski definition) is 3. The highest BCUT2D eigenvalue weighted by molar-refractivity contribution is 6.17. The fraction of sp³-hybridized carbons (Fsp3) is 0.286. The van der Waals surface area contributed by atoms with Gasteiger partial charge in [-0.3, -0.25) is 14.4 Å². The average molecular weight is 397 g/mol. The molecule has 1 aliphatic rings. The second kappa shape index (κ2) is 8.22. The fourth-order valence-corrected chi connectivity index (χ4v) is 2.95. The Kier molecular flexibility index (Phi) is 5.72. The minimum atomic E-state index is -1.13. The molecule has 0 aliphatic heterocycles. The van der Waals surface area contributed by atoms with E-state index in [1.165, 1.54) is 21.1 Å². The third-order valence-corrected chi connectivity index (χ3v) is 4.72. The summed E-state index contributed by atoms with van der Waals surface area (Å²) in [6, 6.07) is 11.8. The van der Waals surface area contributed by atoms with Crippen LogP contribution in [0.1, 0.15) is 19.8 Å². The molecule has 0 aromatic heterocycles. The van der Waals surface area contributed by atoms with Gasteiger partial charge in [0.2, 0.25) is 17.7 Å². The van der Waals surface area contributed by atoms with Gasteiger partial charge in [0.15, 0.2) is 0 Å². The van der Waals surface area contributed by atoms with E-state index in [0.29, 0.717) is 41.4 Å². The van der Waals surface area contributed by atoms with Crippen molar-refractivity contribution in [2.75, 3.05) is 30.2 Å². The maximum absolute atomic E-state index is 12.8. The molecule has 3 amide bonds. The zero-order valence-electron chi connectivity index (χ0n) is 16.5. The Bertz CT molecular complexity index is 953. The Balaban J connectivity index is 1.72. The van der Waals surface area contributed by atoms with Gasteiger partial charge in [-0.05, 0) is 43.2 Å². The highest BCUT2D eigenvalue weighted by Crippen LogP contribution is 2.48. The first-order chi connectivity index (χ1) is 13.9. The number of carbonyl (C=O) groups excluding carboxylic acids is 3. The van der Waals surface area contributed by atoms with Crippen LogP contribution in [-0.4, -0.2) is 31.9 Å². The highest BCUT2D eigenvalue weighted by Gasteiger charge is 2.56. The summed E-state index contributed by atoms with van der Waals surface area (Å²) in [5.41, 5.74) is 0.398. The molecule has 0 bridgehead atoms. The third-order valence-electron chi connectivity index (χ3n) is 4.72. The molecule has 2 aromatic carbocycles. The summed E-state index contributed by atoms with van der Waals surface area (Å²) in [5.74, 6) is 0.0496. The van der Waals surface area contributed by atoms with Crippen LogP contribution in [0.5, 0.6) is 11.5 Å². The van der Waals surface area contributed by atoms with E-state index in [4.69, 9.17) is 9.47 Å². The molecule has 3 N–H and O–H groups in total. The van der Waals surface area contributed by atoms with E-state index < -0.39 is 11.3 Å². The van der Waals surface area contributed by atoms with E-state index >= 15 is 0 Å². The lowest BCUT2D eigenvalue weighted by Crippen LogP contribution is -2.35. The number of ether oxygens (including phenoxy) is 2. The van der Waals surface area contributed by atoms with Crippen molar-refractivity contribution in [3.63, 3.8) is 0 Å². The van der Waals surface area contributed by atoms with Gasteiger partial charge in [0.25, 0.3) is 0 Å². The van der Waals surface area contributed by atoms with Gasteiger partial charge >= 0.3 is 0 Å². The van der Waals surface area contributed by atoms with Crippen molar-refractivity contribution >= 4 is 34.8 Å². The number of hydrogen-bond acceptors (Lipinski definition) is 5. The first kappa shape index (κ1) is 20.2. The van der Waals surface area contributed by atoms with Crippen LogP contribution in [-0.2, 0) is 14.4 Å². The van der Waals surface area contributed by atoms with Crippen LogP contribution >= 0.6 is 0 Å². The minimum Gasteiger partial charge on any atom is -0.497 e. The maximum Gasteiger partial charge on any atom is 0.240 e. The molecule has 0 unspecified atom stereocenters. The van der Waals surface area contributed by atoms with Gasteiger partial charge in [-0.2, -0.15) is 0 Å². The minimum absolute atomic E-state index is 0.208. The number of amides is 3. The molecule has 152 valence electrons. The number of anilines is 3. The number of nitrogens with one attached hydrogen (secondary N) is 3. The van der Waals surface area contributed by atoms with Crippen LogP contribution < -0.4 is 25.4 Å². The zero-order valence-corrected chi connectivity index (χ0v) is 16.5. The summed E-state index contributed by atoms with van der Waals surface area (Å²) in [6.45, 7) is 1.40. The highest BCUT2D eigenvalue weighted by atomic mass is 16.5. The monoisotopic (exact) mass is 397 g/mol. The van der Waals surface area contributed by atoms with E-state index in [1.807, 2.05) is 0 Å². The standard InChI is InChI=1S/C21H23N3O5/c1-13(25)22-14-5-4-6-15(11-14)23-19(26)21(9-10-21)20(27)24-17-8-7-16(28-2)12-18(17)29-3/h4-8,11-12H,9-10H2,1-3H3,(H,22,25)(H,23,26)(H,24,27). The van der Waals surface area contributed by atoms with Gasteiger partial charge in [0.1, 0.15) is 16.9 Å². The molecule has 1 aliphatic carbocycles. The summed E-state index contributed by atoms with van der Waals surface area (Å²) in [4.78, 5) is 36.9. The summed E-state index contributed by atoms with van der Waals surface area (Å²) in [7, 11) is 3.03. The van der Waals surface area contributed by atoms with Crippen LogP contribution in [0.3, 0.4) is 0 Å². The van der Waals surface area contributed by atoms with Crippen LogP contribution in [0, 0.1) is 5.41 Å². The van der Waals surface area contributed by atoms with Crippen LogP contribution in [0.15, 0.2) is 42.5 Å². The molecule has 0 radical (unpaired) electrons. The van der Waals surface area contributed by atoms with Gasteiger partial charge in [-0.1, -0.05) is 6.07 Å². The van der Waals surface area contributed by atoms with Gasteiger partial charge < -0.3 is 25.4 Å². The van der Waals surface area contributed by atoms with Crippen LogP contribution in [0.4, 0.5) is 17.1 Å².